The molecule has 0 aromatic carbocycles. The molecule has 0 aliphatic carbocycles. The van der Waals surface area contributed by atoms with Crippen molar-refractivity contribution in [3.63, 3.8) is 0 Å². The Hall–Kier alpha value is -0.650. The number of rotatable bonds is 0. The number of fused-ring (bicyclic) bond motifs is 1. The van der Waals surface area contributed by atoms with Crippen molar-refractivity contribution in [3.05, 3.63) is 28.6 Å². The van der Waals surface area contributed by atoms with Crippen LogP contribution in [0, 0.1) is 3.70 Å². The smallest absolute Gasteiger partial charge is 0.126 e. The van der Waals surface area contributed by atoms with E-state index in [0.717, 1.165) is 9.22 Å². The zero-order chi connectivity index (χ0) is 6.97. The van der Waals surface area contributed by atoms with Gasteiger partial charge in [-0.2, -0.15) is 0 Å². The van der Waals surface area contributed by atoms with Crippen LogP contribution in [0.5, 0.6) is 0 Å². The van der Waals surface area contributed by atoms with Crippen LogP contribution in [-0.4, -0.2) is 14.4 Å². The van der Waals surface area contributed by atoms with E-state index in [4.69, 9.17) is 0 Å². The van der Waals surface area contributed by atoms with Crippen LogP contribution in [0.3, 0.4) is 0 Å². The standard InChI is InChI=1S/C6H4IN3/c7-6-5-3-8-4-10(5)2-1-9-6/h1-4H. The van der Waals surface area contributed by atoms with Gasteiger partial charge < -0.3 is 4.40 Å². The van der Waals surface area contributed by atoms with Crippen LogP contribution in [0.2, 0.25) is 0 Å². The molecule has 0 saturated carbocycles. The van der Waals surface area contributed by atoms with Gasteiger partial charge >= 0.3 is 0 Å². The van der Waals surface area contributed by atoms with E-state index >= 15 is 0 Å². The van der Waals surface area contributed by atoms with E-state index in [0.29, 0.717) is 0 Å². The lowest BCUT2D eigenvalue weighted by molar-refractivity contribution is 1.10. The van der Waals surface area contributed by atoms with Crippen molar-refractivity contribution in [2.45, 2.75) is 0 Å². The van der Waals surface area contributed by atoms with Gasteiger partial charge in [0, 0.05) is 12.4 Å². The lowest BCUT2D eigenvalue weighted by Gasteiger charge is -1.91. The molecule has 2 heterocycles. The van der Waals surface area contributed by atoms with Gasteiger partial charge in [-0.25, -0.2) is 9.97 Å². The normalized spacial score (nSPS) is 10.5. The molecular formula is C6H4IN3. The highest BCUT2D eigenvalue weighted by molar-refractivity contribution is 14.1. The fourth-order valence-corrected chi connectivity index (χ4v) is 1.40. The summed E-state index contributed by atoms with van der Waals surface area (Å²) in [6.45, 7) is 0. The van der Waals surface area contributed by atoms with Crippen LogP contribution in [0.1, 0.15) is 0 Å². The Morgan fingerprint density at radius 1 is 1.50 bits per heavy atom. The molecule has 50 valence electrons. The van der Waals surface area contributed by atoms with Crippen molar-refractivity contribution in [3.8, 4) is 0 Å². The number of aromatic nitrogens is 3. The number of halogens is 1. The van der Waals surface area contributed by atoms with Gasteiger partial charge in [0.2, 0.25) is 0 Å². The van der Waals surface area contributed by atoms with E-state index in [2.05, 4.69) is 32.6 Å². The monoisotopic (exact) mass is 245 g/mol. The minimum absolute atomic E-state index is 0.984. The molecule has 0 bridgehead atoms. The van der Waals surface area contributed by atoms with Gasteiger partial charge in [0.15, 0.2) is 0 Å². The summed E-state index contributed by atoms with van der Waals surface area (Å²) in [6, 6.07) is 0. The van der Waals surface area contributed by atoms with Gasteiger partial charge in [-0.1, -0.05) is 0 Å². The van der Waals surface area contributed by atoms with Crippen LogP contribution in [0.25, 0.3) is 5.52 Å². The van der Waals surface area contributed by atoms with Gasteiger partial charge in [0.1, 0.15) is 3.70 Å². The van der Waals surface area contributed by atoms with E-state index in [9.17, 15) is 0 Å². The minimum Gasteiger partial charge on any atom is -0.302 e. The SMILES string of the molecule is Ic1nccn2cncc12. The highest BCUT2D eigenvalue weighted by Crippen LogP contribution is 2.08. The first-order valence-corrected chi connectivity index (χ1v) is 3.88. The number of hydrogen-bond donors (Lipinski definition) is 0. The molecule has 0 aliphatic rings. The maximum absolute atomic E-state index is 4.11. The molecule has 0 aliphatic heterocycles. The molecule has 0 spiro atoms. The average molecular weight is 245 g/mol. The van der Waals surface area contributed by atoms with Crippen LogP contribution in [0.4, 0.5) is 0 Å². The molecule has 3 nitrogen and oxygen atoms in total. The first-order chi connectivity index (χ1) is 4.88. The Kier molecular flexibility index (Phi) is 1.33. The van der Waals surface area contributed by atoms with Gasteiger partial charge in [0.05, 0.1) is 18.0 Å². The minimum atomic E-state index is 0.984. The summed E-state index contributed by atoms with van der Waals surface area (Å²) < 4.78 is 2.92. The molecule has 0 unspecified atom stereocenters. The lowest BCUT2D eigenvalue weighted by Crippen LogP contribution is -1.86. The van der Waals surface area contributed by atoms with Gasteiger partial charge in [0.25, 0.3) is 0 Å². The van der Waals surface area contributed by atoms with E-state index in [1.54, 1.807) is 18.7 Å². The van der Waals surface area contributed by atoms with E-state index in [1.807, 2.05) is 10.6 Å². The number of imidazole rings is 1. The number of hydrogen-bond acceptors (Lipinski definition) is 2. The average Bonchev–Trinajstić information content (AvgIpc) is 2.36. The Labute approximate surface area is 71.3 Å². The molecule has 0 saturated heterocycles. The van der Waals surface area contributed by atoms with Crippen molar-refractivity contribution in [2.24, 2.45) is 0 Å². The third kappa shape index (κ3) is 0.792. The Bertz CT molecular complexity index is 355. The summed E-state index contributed by atoms with van der Waals surface area (Å²) in [4.78, 5) is 8.09. The van der Waals surface area contributed by atoms with E-state index < -0.39 is 0 Å². The third-order valence-electron chi connectivity index (χ3n) is 1.29. The van der Waals surface area contributed by atoms with Crippen molar-refractivity contribution in [1.29, 1.82) is 0 Å². The first-order valence-electron chi connectivity index (χ1n) is 2.80. The molecule has 0 fully saturated rings. The van der Waals surface area contributed by atoms with E-state index in [1.165, 1.54) is 0 Å². The summed E-state index contributed by atoms with van der Waals surface area (Å²) in [5.41, 5.74) is 1.06. The Balaban J connectivity index is 2.95. The summed E-state index contributed by atoms with van der Waals surface area (Å²) in [5, 5.41) is 0. The van der Waals surface area contributed by atoms with Crippen molar-refractivity contribution < 1.29 is 0 Å². The zero-order valence-electron chi connectivity index (χ0n) is 5.03. The molecular weight excluding hydrogens is 241 g/mol. The summed E-state index contributed by atoms with van der Waals surface area (Å²) >= 11 is 2.18. The van der Waals surface area contributed by atoms with E-state index in [-0.39, 0.29) is 0 Å². The molecule has 0 N–H and O–H groups in total. The molecule has 2 aromatic rings. The maximum atomic E-state index is 4.11. The van der Waals surface area contributed by atoms with Crippen LogP contribution >= 0.6 is 22.6 Å². The Morgan fingerprint density at radius 3 is 3.20 bits per heavy atom. The fraction of sp³-hybridized carbons (Fsp3) is 0. The number of nitrogens with zero attached hydrogens (tertiary/aromatic N) is 3. The maximum Gasteiger partial charge on any atom is 0.126 e. The molecule has 2 rings (SSSR count). The largest absolute Gasteiger partial charge is 0.302 e. The summed E-state index contributed by atoms with van der Waals surface area (Å²) in [5.74, 6) is 0. The highest BCUT2D eigenvalue weighted by Gasteiger charge is 1.95. The topological polar surface area (TPSA) is 30.2 Å². The molecule has 10 heavy (non-hydrogen) atoms. The van der Waals surface area contributed by atoms with Gasteiger partial charge in [-0.05, 0) is 22.6 Å². The predicted molar refractivity (Wildman–Crippen MR) is 45.7 cm³/mol. The molecule has 0 atom stereocenters. The van der Waals surface area contributed by atoms with Crippen molar-refractivity contribution >= 4 is 28.1 Å². The second-order valence-corrected chi connectivity index (χ2v) is 2.93. The quantitative estimate of drug-likeness (QED) is 0.655. The fourth-order valence-electron chi connectivity index (χ4n) is 0.820. The third-order valence-corrected chi connectivity index (χ3v) is 2.12. The summed E-state index contributed by atoms with van der Waals surface area (Å²) in [7, 11) is 0. The van der Waals surface area contributed by atoms with Crippen LogP contribution in [-0.2, 0) is 0 Å². The second kappa shape index (κ2) is 2.19. The molecule has 2 aromatic heterocycles. The van der Waals surface area contributed by atoms with Crippen molar-refractivity contribution in [2.75, 3.05) is 0 Å². The first kappa shape index (κ1) is 6.09. The van der Waals surface area contributed by atoms with Gasteiger partial charge in [-0.3, -0.25) is 0 Å². The molecule has 4 heteroatoms. The predicted octanol–water partition coefficient (Wildman–Crippen LogP) is 1.33. The van der Waals surface area contributed by atoms with Crippen LogP contribution < -0.4 is 0 Å². The lowest BCUT2D eigenvalue weighted by atomic mass is 10.6. The Morgan fingerprint density at radius 2 is 2.40 bits per heavy atom. The second-order valence-electron chi connectivity index (χ2n) is 1.90. The van der Waals surface area contributed by atoms with Crippen molar-refractivity contribution in [1.82, 2.24) is 14.4 Å². The van der Waals surface area contributed by atoms with Gasteiger partial charge in [-0.15, -0.1) is 0 Å². The molecule has 0 radical (unpaired) electrons. The molecule has 0 amide bonds. The highest BCUT2D eigenvalue weighted by atomic mass is 127. The summed E-state index contributed by atoms with van der Waals surface area (Å²) in [6.07, 6.45) is 7.20. The zero-order valence-corrected chi connectivity index (χ0v) is 7.19. The van der Waals surface area contributed by atoms with Crippen LogP contribution in [0.15, 0.2) is 24.9 Å².